The molecule has 1 unspecified atom stereocenters. The molecule has 1 aromatic carbocycles. The van der Waals surface area contributed by atoms with Crippen LogP contribution in [0.2, 0.25) is 0 Å². The Hall–Kier alpha value is -1.51. The number of hydrogen-bond donors (Lipinski definition) is 0. The molecular weight excluding hydrogens is 226 g/mol. The monoisotopic (exact) mass is 247 g/mol. The van der Waals surface area contributed by atoms with Gasteiger partial charge in [0.05, 0.1) is 20.3 Å². The van der Waals surface area contributed by atoms with Gasteiger partial charge in [0, 0.05) is 16.7 Å². The minimum absolute atomic E-state index is 0.00833. The average Bonchev–Trinajstić information content (AvgIpc) is 2.35. The molecule has 98 valence electrons. The number of benzene rings is 1. The molecule has 1 heterocycles. The molecule has 0 fully saturated rings. The van der Waals surface area contributed by atoms with Crippen LogP contribution in [0.25, 0.3) is 0 Å². The van der Waals surface area contributed by atoms with E-state index in [1.54, 1.807) is 14.2 Å². The number of nitrogens with zero attached hydrogens (tertiary/aromatic N) is 1. The first-order chi connectivity index (χ1) is 8.41. The first kappa shape index (κ1) is 12.9. The second-order valence-corrected chi connectivity index (χ2v) is 5.36. The Bertz CT molecular complexity index is 503. The van der Waals surface area contributed by atoms with Crippen molar-refractivity contribution in [1.82, 2.24) is 0 Å². The van der Waals surface area contributed by atoms with Crippen molar-refractivity contribution in [3.63, 3.8) is 0 Å². The number of methoxy groups -OCH3 is 2. The van der Waals surface area contributed by atoms with Crippen LogP contribution in [-0.4, -0.2) is 26.0 Å². The van der Waals surface area contributed by atoms with E-state index in [2.05, 4.69) is 33.8 Å². The molecule has 1 aliphatic heterocycles. The highest BCUT2D eigenvalue weighted by Gasteiger charge is 2.35. The summed E-state index contributed by atoms with van der Waals surface area (Å²) in [6.07, 6.45) is 0. The average molecular weight is 247 g/mol. The van der Waals surface area contributed by atoms with E-state index in [1.807, 2.05) is 6.07 Å². The molecule has 3 nitrogen and oxygen atoms in total. The standard InChI is InChI=1S/C15H21NO2/c1-9-11-7-13(17-5)14(18-6)8-12(11)15(3,4)10(2)16-9/h7-8,10H,1-6H3. The molecule has 0 saturated carbocycles. The number of hydrogen-bond acceptors (Lipinski definition) is 3. The van der Waals surface area contributed by atoms with Gasteiger partial charge in [0.1, 0.15) is 0 Å². The molecular formula is C15H21NO2. The normalized spacial score (nSPS) is 21.0. The van der Waals surface area contributed by atoms with E-state index >= 15 is 0 Å². The van der Waals surface area contributed by atoms with E-state index < -0.39 is 0 Å². The lowest BCUT2D eigenvalue weighted by molar-refractivity contribution is 0.351. The van der Waals surface area contributed by atoms with Crippen molar-refractivity contribution in [3.8, 4) is 11.5 Å². The number of aliphatic imine (C=N–C) groups is 1. The maximum absolute atomic E-state index is 5.40. The Morgan fingerprint density at radius 3 is 2.22 bits per heavy atom. The second kappa shape index (κ2) is 4.30. The molecule has 3 heteroatoms. The summed E-state index contributed by atoms with van der Waals surface area (Å²) in [6.45, 7) is 8.65. The Labute approximate surface area is 109 Å². The van der Waals surface area contributed by atoms with Gasteiger partial charge in [-0.15, -0.1) is 0 Å². The van der Waals surface area contributed by atoms with Gasteiger partial charge in [0.2, 0.25) is 0 Å². The number of fused-ring (bicyclic) bond motifs is 1. The molecule has 1 atom stereocenters. The topological polar surface area (TPSA) is 30.8 Å². The Morgan fingerprint density at radius 2 is 1.67 bits per heavy atom. The lowest BCUT2D eigenvalue weighted by Crippen LogP contribution is -2.36. The summed E-state index contributed by atoms with van der Waals surface area (Å²) in [5, 5.41) is 0. The molecule has 1 aliphatic rings. The first-order valence-electron chi connectivity index (χ1n) is 6.23. The summed E-state index contributed by atoms with van der Waals surface area (Å²) in [6, 6.07) is 4.38. The zero-order chi connectivity index (χ0) is 13.5. The third-order valence-corrected chi connectivity index (χ3v) is 4.04. The summed E-state index contributed by atoms with van der Waals surface area (Å²) in [5.41, 5.74) is 3.52. The molecule has 0 amide bonds. The molecule has 0 saturated heterocycles. The van der Waals surface area contributed by atoms with Gasteiger partial charge < -0.3 is 9.47 Å². The summed E-state index contributed by atoms with van der Waals surface area (Å²) in [4.78, 5) is 4.73. The van der Waals surface area contributed by atoms with Crippen LogP contribution in [0.1, 0.15) is 38.8 Å². The Balaban J connectivity index is 2.70. The van der Waals surface area contributed by atoms with E-state index in [1.165, 1.54) is 5.56 Å². The van der Waals surface area contributed by atoms with Crippen molar-refractivity contribution >= 4 is 5.71 Å². The van der Waals surface area contributed by atoms with Crippen LogP contribution in [0.4, 0.5) is 0 Å². The van der Waals surface area contributed by atoms with Crippen molar-refractivity contribution in [2.75, 3.05) is 14.2 Å². The highest BCUT2D eigenvalue weighted by molar-refractivity contribution is 6.02. The maximum Gasteiger partial charge on any atom is 0.161 e. The fraction of sp³-hybridized carbons (Fsp3) is 0.533. The van der Waals surface area contributed by atoms with Crippen molar-refractivity contribution in [3.05, 3.63) is 23.3 Å². The van der Waals surface area contributed by atoms with E-state index in [0.717, 1.165) is 22.8 Å². The molecule has 0 bridgehead atoms. The SMILES string of the molecule is COc1cc2c(cc1OC)C(C)(C)C(C)N=C2C. The molecule has 0 aliphatic carbocycles. The van der Waals surface area contributed by atoms with E-state index in [9.17, 15) is 0 Å². The van der Waals surface area contributed by atoms with Gasteiger partial charge in [-0.2, -0.15) is 0 Å². The summed E-state index contributed by atoms with van der Waals surface area (Å²) >= 11 is 0. The van der Waals surface area contributed by atoms with Crippen molar-refractivity contribution < 1.29 is 9.47 Å². The lowest BCUT2D eigenvalue weighted by Gasteiger charge is -2.36. The first-order valence-corrected chi connectivity index (χ1v) is 6.23. The Morgan fingerprint density at radius 1 is 1.11 bits per heavy atom. The minimum Gasteiger partial charge on any atom is -0.493 e. The number of rotatable bonds is 2. The molecule has 0 aromatic heterocycles. The highest BCUT2D eigenvalue weighted by atomic mass is 16.5. The quantitative estimate of drug-likeness (QED) is 0.803. The van der Waals surface area contributed by atoms with Gasteiger partial charge in [-0.25, -0.2) is 0 Å². The van der Waals surface area contributed by atoms with Crippen LogP contribution in [-0.2, 0) is 5.41 Å². The molecule has 2 rings (SSSR count). The fourth-order valence-corrected chi connectivity index (χ4v) is 2.46. The van der Waals surface area contributed by atoms with E-state index in [0.29, 0.717) is 0 Å². The van der Waals surface area contributed by atoms with Crippen LogP contribution < -0.4 is 9.47 Å². The molecule has 18 heavy (non-hydrogen) atoms. The zero-order valence-corrected chi connectivity index (χ0v) is 12.0. The van der Waals surface area contributed by atoms with E-state index in [4.69, 9.17) is 14.5 Å². The van der Waals surface area contributed by atoms with Gasteiger partial charge in [-0.1, -0.05) is 13.8 Å². The summed E-state index contributed by atoms with van der Waals surface area (Å²) in [5.74, 6) is 1.54. The number of ether oxygens (including phenoxy) is 2. The van der Waals surface area contributed by atoms with Crippen molar-refractivity contribution in [1.29, 1.82) is 0 Å². The Kier molecular flexibility index (Phi) is 3.09. The molecule has 0 radical (unpaired) electrons. The third-order valence-electron chi connectivity index (χ3n) is 4.04. The second-order valence-electron chi connectivity index (χ2n) is 5.36. The summed E-state index contributed by atoms with van der Waals surface area (Å²) < 4.78 is 10.8. The van der Waals surface area contributed by atoms with Crippen LogP contribution >= 0.6 is 0 Å². The van der Waals surface area contributed by atoms with Gasteiger partial charge in [0.25, 0.3) is 0 Å². The fourth-order valence-electron chi connectivity index (χ4n) is 2.46. The minimum atomic E-state index is 0.00833. The van der Waals surface area contributed by atoms with Crippen LogP contribution in [0.3, 0.4) is 0 Å². The molecule has 0 spiro atoms. The highest BCUT2D eigenvalue weighted by Crippen LogP contribution is 2.41. The largest absolute Gasteiger partial charge is 0.493 e. The predicted octanol–water partition coefficient (Wildman–Crippen LogP) is 3.19. The summed E-state index contributed by atoms with van der Waals surface area (Å²) in [7, 11) is 3.33. The lowest BCUT2D eigenvalue weighted by atomic mass is 9.73. The van der Waals surface area contributed by atoms with Gasteiger partial charge in [-0.3, -0.25) is 4.99 Å². The van der Waals surface area contributed by atoms with Crippen LogP contribution in [0.5, 0.6) is 11.5 Å². The zero-order valence-electron chi connectivity index (χ0n) is 12.0. The van der Waals surface area contributed by atoms with E-state index in [-0.39, 0.29) is 11.5 Å². The van der Waals surface area contributed by atoms with Gasteiger partial charge >= 0.3 is 0 Å². The maximum atomic E-state index is 5.40. The molecule has 0 N–H and O–H groups in total. The smallest absolute Gasteiger partial charge is 0.161 e. The van der Waals surface area contributed by atoms with Crippen LogP contribution in [0, 0.1) is 0 Å². The predicted molar refractivity (Wildman–Crippen MR) is 74.2 cm³/mol. The molecule has 1 aromatic rings. The third kappa shape index (κ3) is 1.78. The van der Waals surface area contributed by atoms with Crippen LogP contribution in [0.15, 0.2) is 17.1 Å². The van der Waals surface area contributed by atoms with Crippen molar-refractivity contribution in [2.24, 2.45) is 4.99 Å². The van der Waals surface area contributed by atoms with Gasteiger partial charge in [0.15, 0.2) is 11.5 Å². The van der Waals surface area contributed by atoms with Gasteiger partial charge in [-0.05, 0) is 31.5 Å². The van der Waals surface area contributed by atoms with Crippen molar-refractivity contribution in [2.45, 2.75) is 39.2 Å².